The summed E-state index contributed by atoms with van der Waals surface area (Å²) in [5, 5.41) is 4.09. The maximum Gasteiger partial charge on any atom is 0.138 e. The second kappa shape index (κ2) is 6.10. The molecule has 122 valence electrons. The predicted octanol–water partition coefficient (Wildman–Crippen LogP) is 3.00. The van der Waals surface area contributed by atoms with Gasteiger partial charge < -0.3 is 4.52 Å². The van der Waals surface area contributed by atoms with Crippen molar-refractivity contribution < 1.29 is 4.52 Å². The second-order valence-corrected chi connectivity index (χ2v) is 7.07. The first-order valence-electron chi connectivity index (χ1n) is 8.63. The number of hydrogen-bond acceptors (Lipinski definition) is 4. The van der Waals surface area contributed by atoms with Crippen molar-refractivity contribution in [3.8, 4) is 0 Å². The highest BCUT2D eigenvalue weighted by molar-refractivity contribution is 5.21. The minimum Gasteiger partial charge on any atom is -0.361 e. The van der Waals surface area contributed by atoms with E-state index in [0.717, 1.165) is 30.5 Å². The zero-order valence-electron chi connectivity index (χ0n) is 14.0. The molecule has 2 saturated heterocycles. The number of fused-ring (bicyclic) bond motifs is 1. The van der Waals surface area contributed by atoms with Crippen molar-refractivity contribution in [2.75, 3.05) is 19.6 Å². The van der Waals surface area contributed by atoms with Crippen LogP contribution in [-0.4, -0.2) is 40.6 Å². The van der Waals surface area contributed by atoms with Crippen LogP contribution in [-0.2, 0) is 13.1 Å². The maximum absolute atomic E-state index is 5.31. The predicted molar refractivity (Wildman–Crippen MR) is 90.0 cm³/mol. The van der Waals surface area contributed by atoms with Crippen molar-refractivity contribution in [1.29, 1.82) is 0 Å². The number of benzene rings is 1. The van der Waals surface area contributed by atoms with Gasteiger partial charge in [-0.2, -0.15) is 0 Å². The van der Waals surface area contributed by atoms with Crippen molar-refractivity contribution >= 4 is 0 Å². The fourth-order valence-electron chi connectivity index (χ4n) is 4.23. The summed E-state index contributed by atoms with van der Waals surface area (Å²) in [5.41, 5.74) is 3.75. The summed E-state index contributed by atoms with van der Waals surface area (Å²) < 4.78 is 5.31. The van der Waals surface area contributed by atoms with Crippen LogP contribution in [0.4, 0.5) is 0 Å². The van der Waals surface area contributed by atoms with E-state index in [9.17, 15) is 0 Å². The molecule has 0 bridgehead atoms. The summed E-state index contributed by atoms with van der Waals surface area (Å²) in [6.45, 7) is 9.75. The van der Waals surface area contributed by atoms with E-state index in [1.54, 1.807) is 0 Å². The van der Waals surface area contributed by atoms with Crippen LogP contribution in [0.2, 0.25) is 0 Å². The molecule has 2 atom stereocenters. The van der Waals surface area contributed by atoms with E-state index in [2.05, 4.69) is 45.3 Å². The van der Waals surface area contributed by atoms with Gasteiger partial charge in [-0.05, 0) is 38.3 Å². The van der Waals surface area contributed by atoms with Crippen LogP contribution in [0.5, 0.6) is 0 Å². The first-order valence-corrected chi connectivity index (χ1v) is 8.63. The Bertz CT molecular complexity index is 647. The lowest BCUT2D eigenvalue weighted by molar-refractivity contribution is 0.214. The molecule has 0 spiro atoms. The van der Waals surface area contributed by atoms with E-state index in [4.69, 9.17) is 4.52 Å². The standard InChI is InChI=1S/C19H25N3O/c1-14-18(15(2)23-20-14)12-21-11-17-8-9-22(19(17)13-21)10-16-6-4-3-5-7-16/h3-7,17,19H,8-13H2,1-2H3/t17-,19+/m0/s1. The molecule has 2 fully saturated rings. The number of aromatic nitrogens is 1. The molecule has 0 radical (unpaired) electrons. The maximum atomic E-state index is 5.31. The SMILES string of the molecule is Cc1noc(C)c1CN1C[C@@H]2CCN(Cc3ccccc3)[C@@H]2C1. The van der Waals surface area contributed by atoms with Gasteiger partial charge in [0.25, 0.3) is 0 Å². The molecule has 0 N–H and O–H groups in total. The lowest BCUT2D eigenvalue weighted by Crippen LogP contribution is -2.34. The molecule has 4 rings (SSSR count). The fourth-order valence-corrected chi connectivity index (χ4v) is 4.23. The number of nitrogens with zero attached hydrogens (tertiary/aromatic N) is 3. The van der Waals surface area contributed by atoms with Gasteiger partial charge in [0.2, 0.25) is 0 Å². The third-order valence-electron chi connectivity index (χ3n) is 5.53. The molecule has 4 heteroatoms. The van der Waals surface area contributed by atoms with Crippen LogP contribution in [0.25, 0.3) is 0 Å². The van der Waals surface area contributed by atoms with Crippen molar-refractivity contribution in [2.24, 2.45) is 5.92 Å². The molecule has 0 unspecified atom stereocenters. The zero-order valence-corrected chi connectivity index (χ0v) is 14.0. The summed E-state index contributed by atoms with van der Waals surface area (Å²) >= 11 is 0. The van der Waals surface area contributed by atoms with Crippen LogP contribution in [0.3, 0.4) is 0 Å². The van der Waals surface area contributed by atoms with E-state index in [1.807, 2.05) is 13.8 Å². The molecule has 2 aliphatic rings. The second-order valence-electron chi connectivity index (χ2n) is 7.07. The monoisotopic (exact) mass is 311 g/mol. The molecule has 1 aromatic carbocycles. The minimum atomic E-state index is 0.704. The summed E-state index contributed by atoms with van der Waals surface area (Å²) in [7, 11) is 0. The summed E-state index contributed by atoms with van der Waals surface area (Å²) in [4.78, 5) is 5.26. The van der Waals surface area contributed by atoms with Gasteiger partial charge in [-0.15, -0.1) is 0 Å². The van der Waals surface area contributed by atoms with Gasteiger partial charge in [-0.3, -0.25) is 9.80 Å². The van der Waals surface area contributed by atoms with Gasteiger partial charge in [0.05, 0.1) is 5.69 Å². The quantitative estimate of drug-likeness (QED) is 0.869. The highest BCUT2D eigenvalue weighted by atomic mass is 16.5. The van der Waals surface area contributed by atoms with Crippen molar-refractivity contribution in [3.05, 3.63) is 52.9 Å². The van der Waals surface area contributed by atoms with Crippen LogP contribution >= 0.6 is 0 Å². The Balaban J connectivity index is 1.41. The Morgan fingerprint density at radius 3 is 2.70 bits per heavy atom. The first-order chi connectivity index (χ1) is 11.2. The fraction of sp³-hybridized carbons (Fsp3) is 0.526. The van der Waals surface area contributed by atoms with Gasteiger partial charge in [0.15, 0.2) is 0 Å². The van der Waals surface area contributed by atoms with E-state index in [0.29, 0.717) is 6.04 Å². The average Bonchev–Trinajstić information content (AvgIpc) is 3.21. The number of likely N-dealkylation sites (tertiary alicyclic amines) is 2. The highest BCUT2D eigenvalue weighted by Gasteiger charge is 2.41. The molecule has 0 aliphatic carbocycles. The lowest BCUT2D eigenvalue weighted by Gasteiger charge is -2.24. The Hall–Kier alpha value is -1.65. The molecule has 4 nitrogen and oxygen atoms in total. The molecule has 0 saturated carbocycles. The van der Waals surface area contributed by atoms with E-state index in [-0.39, 0.29) is 0 Å². The van der Waals surface area contributed by atoms with Gasteiger partial charge >= 0.3 is 0 Å². The molecule has 2 aromatic rings. The average molecular weight is 311 g/mol. The van der Waals surface area contributed by atoms with Gasteiger partial charge in [-0.25, -0.2) is 0 Å². The zero-order chi connectivity index (χ0) is 15.8. The van der Waals surface area contributed by atoms with E-state index < -0.39 is 0 Å². The largest absolute Gasteiger partial charge is 0.361 e. The molecule has 23 heavy (non-hydrogen) atoms. The normalized spacial score (nSPS) is 25.1. The summed E-state index contributed by atoms with van der Waals surface area (Å²) in [6, 6.07) is 11.6. The first kappa shape index (κ1) is 14.9. The molecule has 3 heterocycles. The summed E-state index contributed by atoms with van der Waals surface area (Å²) in [5.74, 6) is 1.79. The number of hydrogen-bond donors (Lipinski definition) is 0. The van der Waals surface area contributed by atoms with Gasteiger partial charge in [-0.1, -0.05) is 35.5 Å². The Labute approximate surface area is 138 Å². The van der Waals surface area contributed by atoms with Crippen molar-refractivity contribution in [2.45, 2.75) is 39.4 Å². The number of rotatable bonds is 4. The van der Waals surface area contributed by atoms with Crippen LogP contribution in [0, 0.1) is 19.8 Å². The van der Waals surface area contributed by atoms with Crippen LogP contribution in [0.1, 0.15) is 29.0 Å². The molecule has 1 aromatic heterocycles. The summed E-state index contributed by atoms with van der Waals surface area (Å²) in [6.07, 6.45) is 1.33. The molecular weight excluding hydrogens is 286 g/mol. The van der Waals surface area contributed by atoms with Gasteiger partial charge in [0, 0.05) is 37.8 Å². The Morgan fingerprint density at radius 2 is 1.96 bits per heavy atom. The third-order valence-corrected chi connectivity index (χ3v) is 5.53. The van der Waals surface area contributed by atoms with Crippen LogP contribution in [0.15, 0.2) is 34.9 Å². The Kier molecular flexibility index (Phi) is 3.95. The highest BCUT2D eigenvalue weighted by Crippen LogP contribution is 2.33. The third kappa shape index (κ3) is 2.93. The van der Waals surface area contributed by atoms with Crippen molar-refractivity contribution in [3.63, 3.8) is 0 Å². The Morgan fingerprint density at radius 1 is 1.13 bits per heavy atom. The smallest absolute Gasteiger partial charge is 0.138 e. The minimum absolute atomic E-state index is 0.704. The molecular formula is C19H25N3O. The van der Waals surface area contributed by atoms with Gasteiger partial charge in [0.1, 0.15) is 5.76 Å². The molecule has 2 aliphatic heterocycles. The molecule has 0 amide bonds. The van der Waals surface area contributed by atoms with Crippen molar-refractivity contribution in [1.82, 2.24) is 15.0 Å². The van der Waals surface area contributed by atoms with E-state index in [1.165, 1.54) is 37.2 Å². The number of aryl methyl sites for hydroxylation is 2. The van der Waals surface area contributed by atoms with E-state index >= 15 is 0 Å². The van der Waals surface area contributed by atoms with Crippen LogP contribution < -0.4 is 0 Å². The topological polar surface area (TPSA) is 32.5 Å². The lowest BCUT2D eigenvalue weighted by atomic mass is 10.0.